The third-order valence-electron chi connectivity index (χ3n) is 8.84. The van der Waals surface area contributed by atoms with E-state index in [1.165, 1.54) is 0 Å². The van der Waals surface area contributed by atoms with Crippen LogP contribution in [0.2, 0.25) is 0 Å². The number of benzene rings is 5. The van der Waals surface area contributed by atoms with Crippen molar-refractivity contribution in [3.63, 3.8) is 0 Å². The van der Waals surface area contributed by atoms with E-state index in [0.29, 0.717) is 11.4 Å². The number of hydrogen-bond acceptors (Lipinski definition) is 6. The largest absolute Gasteiger partial charge is 0.276 e. The maximum absolute atomic E-state index is 14.4. The summed E-state index contributed by atoms with van der Waals surface area (Å²) in [4.78, 5) is 16.2. The summed E-state index contributed by atoms with van der Waals surface area (Å²) in [7, 11) is 0. The average molecular weight is 680 g/mol. The van der Waals surface area contributed by atoms with E-state index in [0.717, 1.165) is 67.2 Å². The molecule has 244 valence electrons. The van der Waals surface area contributed by atoms with Gasteiger partial charge in [0.2, 0.25) is 5.16 Å². The fourth-order valence-electron chi connectivity index (χ4n) is 6.33. The van der Waals surface area contributed by atoms with Crippen LogP contribution < -0.4 is 4.90 Å². The van der Waals surface area contributed by atoms with Crippen molar-refractivity contribution in [1.29, 1.82) is 0 Å². The van der Waals surface area contributed by atoms with Gasteiger partial charge in [0, 0.05) is 39.9 Å². The Hall–Kier alpha value is -6.58. The number of para-hydroxylation sites is 1. The summed E-state index contributed by atoms with van der Waals surface area (Å²) < 4.78 is 3.67. The summed E-state index contributed by atoms with van der Waals surface area (Å²) >= 11 is 1.62. The molecule has 1 amide bonds. The first-order valence-corrected chi connectivity index (χ1v) is 17.5. The molecule has 5 aromatic carbocycles. The monoisotopic (exact) mass is 679 g/mol. The van der Waals surface area contributed by atoms with Crippen LogP contribution in [0.25, 0.3) is 40.1 Å². The zero-order chi connectivity index (χ0) is 34.1. The van der Waals surface area contributed by atoms with Crippen LogP contribution in [0.4, 0.5) is 5.69 Å². The lowest BCUT2D eigenvalue weighted by molar-refractivity contribution is -0.113. The molecule has 2 aromatic heterocycles. The van der Waals surface area contributed by atoms with Crippen LogP contribution >= 0.6 is 11.8 Å². The number of thioether (sulfide) groups is 1. The molecule has 9 rings (SSSR count). The van der Waals surface area contributed by atoms with Crippen molar-refractivity contribution in [3.8, 4) is 28.3 Å². The lowest BCUT2D eigenvalue weighted by Gasteiger charge is -2.21. The van der Waals surface area contributed by atoms with Crippen LogP contribution in [-0.4, -0.2) is 42.0 Å². The van der Waals surface area contributed by atoms with Gasteiger partial charge in [-0.1, -0.05) is 121 Å². The van der Waals surface area contributed by atoms with Crippen LogP contribution in [0, 0.1) is 0 Å². The third-order valence-corrected chi connectivity index (χ3v) is 9.77. The molecule has 2 aliphatic heterocycles. The fraction of sp³-hybridized carbons (Fsp3) is 0.0238. The summed E-state index contributed by atoms with van der Waals surface area (Å²) in [6, 6.07) is 48.0. The second-order valence-electron chi connectivity index (χ2n) is 12.1. The molecule has 0 saturated heterocycles. The van der Waals surface area contributed by atoms with Crippen LogP contribution in [-0.2, 0) is 4.79 Å². The van der Waals surface area contributed by atoms with Crippen molar-refractivity contribution in [1.82, 2.24) is 24.7 Å². The Bertz CT molecular complexity index is 2470. The average Bonchev–Trinajstić information content (AvgIpc) is 3.92. The van der Waals surface area contributed by atoms with Crippen molar-refractivity contribution >= 4 is 40.8 Å². The van der Waals surface area contributed by atoms with Crippen LogP contribution in [0.5, 0.6) is 0 Å². The Morgan fingerprint density at radius 1 is 0.627 bits per heavy atom. The fourth-order valence-corrected chi connectivity index (χ4v) is 7.16. The SMILES string of the molecule is O=C1/C(=C/c2cn(-c3ccccc3)nc2-c2ccccc2)C=C(c2ccccc2)N1c1ccc(-c2nnc3n2N=C(c2ccccc2)CS3)cc1. The van der Waals surface area contributed by atoms with Crippen LogP contribution in [0.3, 0.4) is 0 Å². The van der Waals surface area contributed by atoms with Gasteiger partial charge in [0.05, 0.1) is 22.8 Å². The van der Waals surface area contributed by atoms with E-state index in [1.54, 1.807) is 16.7 Å². The number of anilines is 1. The molecule has 0 spiro atoms. The van der Waals surface area contributed by atoms with Gasteiger partial charge in [-0.25, -0.2) is 4.68 Å². The first kappa shape index (κ1) is 30.5. The van der Waals surface area contributed by atoms with Crippen LogP contribution in [0.15, 0.2) is 174 Å². The highest BCUT2D eigenvalue weighted by molar-refractivity contribution is 7.99. The summed E-state index contributed by atoms with van der Waals surface area (Å²) in [5, 5.41) is 19.5. The van der Waals surface area contributed by atoms with E-state index in [9.17, 15) is 4.79 Å². The number of rotatable bonds is 7. The first-order chi connectivity index (χ1) is 25.2. The van der Waals surface area contributed by atoms with Crippen molar-refractivity contribution in [2.24, 2.45) is 5.10 Å². The molecular formula is C42H29N7OS. The third kappa shape index (κ3) is 5.79. The maximum atomic E-state index is 14.4. The van der Waals surface area contributed by atoms with E-state index < -0.39 is 0 Å². The normalized spacial score (nSPS) is 14.8. The predicted octanol–water partition coefficient (Wildman–Crippen LogP) is 8.63. The van der Waals surface area contributed by atoms with Crippen molar-refractivity contribution in [3.05, 3.63) is 180 Å². The molecule has 8 nitrogen and oxygen atoms in total. The van der Waals surface area contributed by atoms with Gasteiger partial charge in [0.15, 0.2) is 5.82 Å². The lowest BCUT2D eigenvalue weighted by atomic mass is 10.1. The molecule has 0 radical (unpaired) electrons. The molecule has 0 saturated carbocycles. The summed E-state index contributed by atoms with van der Waals surface area (Å²) in [5.41, 5.74) is 9.49. The molecule has 0 N–H and O–H groups in total. The number of aromatic nitrogens is 5. The first-order valence-electron chi connectivity index (χ1n) is 16.6. The Kier molecular flexibility index (Phi) is 7.79. The van der Waals surface area contributed by atoms with Crippen molar-refractivity contribution in [2.45, 2.75) is 5.16 Å². The predicted molar refractivity (Wildman–Crippen MR) is 203 cm³/mol. The van der Waals surface area contributed by atoms with E-state index in [1.807, 2.05) is 161 Å². The highest BCUT2D eigenvalue weighted by Crippen LogP contribution is 2.37. The second kappa shape index (κ2) is 13.0. The van der Waals surface area contributed by atoms with Gasteiger partial charge in [-0.15, -0.1) is 10.2 Å². The summed E-state index contributed by atoms with van der Waals surface area (Å²) in [6.07, 6.45) is 5.89. The molecule has 51 heavy (non-hydrogen) atoms. The van der Waals surface area contributed by atoms with Gasteiger partial charge < -0.3 is 0 Å². The number of nitrogens with zero attached hydrogens (tertiary/aromatic N) is 7. The molecule has 0 bridgehead atoms. The minimum atomic E-state index is -0.124. The molecule has 4 heterocycles. The topological polar surface area (TPSA) is 81.2 Å². The lowest BCUT2D eigenvalue weighted by Crippen LogP contribution is -2.24. The van der Waals surface area contributed by atoms with E-state index in [4.69, 9.17) is 10.2 Å². The van der Waals surface area contributed by atoms with Gasteiger partial charge in [-0.2, -0.15) is 14.9 Å². The molecule has 9 heteroatoms. The Morgan fingerprint density at radius 3 is 1.94 bits per heavy atom. The quantitative estimate of drug-likeness (QED) is 0.158. The van der Waals surface area contributed by atoms with Gasteiger partial charge in [-0.05, 0) is 59.7 Å². The van der Waals surface area contributed by atoms with Gasteiger partial charge in [0.1, 0.15) is 0 Å². The highest BCUT2D eigenvalue weighted by atomic mass is 32.2. The second-order valence-corrected chi connectivity index (χ2v) is 13.0. The minimum absolute atomic E-state index is 0.124. The smallest absolute Gasteiger partial charge is 0.262 e. The molecule has 7 aromatic rings. The minimum Gasteiger partial charge on any atom is -0.276 e. The van der Waals surface area contributed by atoms with Crippen molar-refractivity contribution < 1.29 is 4.79 Å². The summed E-state index contributed by atoms with van der Waals surface area (Å²) in [6.45, 7) is 0. The molecule has 0 unspecified atom stereocenters. The molecule has 2 aliphatic rings. The number of amides is 1. The zero-order valence-corrected chi connectivity index (χ0v) is 28.1. The molecule has 0 atom stereocenters. The summed E-state index contributed by atoms with van der Waals surface area (Å²) in [5.74, 6) is 1.25. The number of carbonyl (C=O) groups is 1. The number of carbonyl (C=O) groups excluding carboxylic acids is 1. The van der Waals surface area contributed by atoms with E-state index >= 15 is 0 Å². The Morgan fingerprint density at radius 2 is 1.25 bits per heavy atom. The van der Waals surface area contributed by atoms with Gasteiger partial charge >= 0.3 is 0 Å². The van der Waals surface area contributed by atoms with Crippen LogP contribution in [0.1, 0.15) is 16.7 Å². The van der Waals surface area contributed by atoms with Gasteiger partial charge in [0.25, 0.3) is 5.91 Å². The molecule has 0 aliphatic carbocycles. The van der Waals surface area contributed by atoms with E-state index in [2.05, 4.69) is 22.3 Å². The van der Waals surface area contributed by atoms with Crippen molar-refractivity contribution in [2.75, 3.05) is 10.7 Å². The Labute approximate surface area is 298 Å². The highest BCUT2D eigenvalue weighted by Gasteiger charge is 2.31. The number of hydrogen-bond donors (Lipinski definition) is 0. The molecular weight excluding hydrogens is 651 g/mol. The zero-order valence-electron chi connectivity index (χ0n) is 27.2. The molecule has 0 fully saturated rings. The Balaban J connectivity index is 1.09. The standard InChI is InChI=1S/C42H29N7OS/c50-41-33(25-34-27-47(35-19-11-4-12-20-35)46-39(34)31-17-9-3-10-18-31)26-38(30-15-7-2-8-16-30)48(41)36-23-21-32(22-24-36)40-43-44-42-49(40)45-37(28-51-42)29-13-5-1-6-14-29/h1-27H,28H2/b33-25+. The number of fused-ring (bicyclic) bond motifs is 1. The van der Waals surface area contributed by atoms with Gasteiger partial charge in [-0.3, -0.25) is 9.69 Å². The maximum Gasteiger partial charge on any atom is 0.262 e. The van der Waals surface area contributed by atoms with E-state index in [-0.39, 0.29) is 5.91 Å².